The van der Waals surface area contributed by atoms with E-state index in [1.807, 2.05) is 0 Å². The molecular formula is C18H18N6O3S. The summed E-state index contributed by atoms with van der Waals surface area (Å²) < 4.78 is 26.3. The van der Waals surface area contributed by atoms with Crippen LogP contribution in [0.5, 0.6) is 0 Å². The van der Waals surface area contributed by atoms with Crippen molar-refractivity contribution in [1.82, 2.24) is 19.3 Å². The van der Waals surface area contributed by atoms with Crippen LogP contribution in [-0.2, 0) is 10.0 Å². The minimum absolute atomic E-state index is 0.0534. The van der Waals surface area contributed by atoms with Crippen molar-refractivity contribution in [1.29, 1.82) is 0 Å². The number of nitrogens with zero attached hydrogens (tertiary/aromatic N) is 4. The minimum Gasteiger partial charge on any atom is -0.382 e. The monoisotopic (exact) mass is 398 g/mol. The van der Waals surface area contributed by atoms with E-state index in [2.05, 4.69) is 20.3 Å². The molecule has 10 heteroatoms. The van der Waals surface area contributed by atoms with E-state index in [9.17, 15) is 13.2 Å². The van der Waals surface area contributed by atoms with Gasteiger partial charge in [-0.15, -0.1) is 0 Å². The molecule has 0 radical (unpaired) electrons. The number of nitrogens with one attached hydrogen (secondary N) is 1. The first kappa shape index (κ1) is 19.4. The number of rotatable bonds is 5. The van der Waals surface area contributed by atoms with Crippen molar-refractivity contribution in [3.63, 3.8) is 0 Å². The van der Waals surface area contributed by atoms with Gasteiger partial charge < -0.3 is 11.1 Å². The molecule has 3 N–H and O–H groups in total. The SMILES string of the molecule is CN(C)S(=O)(=O)c1ccccc1-c1cnc(N)c(C(=O)Nc2cccnc2)n1. The number of carbonyl (C=O) groups excluding carboxylic acids is 1. The molecule has 2 heterocycles. The van der Waals surface area contributed by atoms with E-state index < -0.39 is 15.9 Å². The van der Waals surface area contributed by atoms with Crippen LogP contribution in [0.25, 0.3) is 11.3 Å². The Balaban J connectivity index is 2.05. The van der Waals surface area contributed by atoms with Crippen molar-refractivity contribution >= 4 is 27.4 Å². The molecule has 0 aliphatic carbocycles. The van der Waals surface area contributed by atoms with E-state index >= 15 is 0 Å². The lowest BCUT2D eigenvalue weighted by molar-refractivity contribution is 0.102. The van der Waals surface area contributed by atoms with Crippen LogP contribution >= 0.6 is 0 Å². The van der Waals surface area contributed by atoms with Crippen LogP contribution < -0.4 is 11.1 Å². The molecule has 2 aromatic heterocycles. The largest absolute Gasteiger partial charge is 0.382 e. The Kier molecular flexibility index (Phi) is 5.34. The Bertz CT molecular complexity index is 1120. The standard InChI is InChI=1S/C18H18N6O3S/c1-24(2)28(26,27)15-8-4-3-7-13(15)14-11-21-17(19)16(23-14)18(25)22-12-6-5-9-20-10-12/h3-11H,1-2H3,(H2,19,21)(H,22,25). The lowest BCUT2D eigenvalue weighted by Gasteiger charge is -2.15. The van der Waals surface area contributed by atoms with Gasteiger partial charge in [-0.2, -0.15) is 0 Å². The van der Waals surface area contributed by atoms with E-state index in [4.69, 9.17) is 5.73 Å². The second kappa shape index (κ2) is 7.71. The summed E-state index contributed by atoms with van der Waals surface area (Å²) in [7, 11) is -0.846. The van der Waals surface area contributed by atoms with Gasteiger partial charge in [0.1, 0.15) is 0 Å². The van der Waals surface area contributed by atoms with Crippen LogP contribution in [0.1, 0.15) is 10.5 Å². The third-order valence-electron chi connectivity index (χ3n) is 3.86. The maximum Gasteiger partial charge on any atom is 0.278 e. The number of carbonyl (C=O) groups is 1. The summed E-state index contributed by atoms with van der Waals surface area (Å²) in [5.74, 6) is -0.647. The number of hydrogen-bond acceptors (Lipinski definition) is 7. The van der Waals surface area contributed by atoms with E-state index in [0.29, 0.717) is 11.3 Å². The zero-order chi connectivity index (χ0) is 20.3. The lowest BCUT2D eigenvalue weighted by Crippen LogP contribution is -2.23. The van der Waals surface area contributed by atoms with Crippen molar-refractivity contribution < 1.29 is 13.2 Å². The van der Waals surface area contributed by atoms with Crippen molar-refractivity contribution in [2.45, 2.75) is 4.90 Å². The smallest absolute Gasteiger partial charge is 0.278 e. The maximum absolute atomic E-state index is 12.6. The fourth-order valence-corrected chi connectivity index (χ4v) is 3.52. The van der Waals surface area contributed by atoms with Gasteiger partial charge in [-0.3, -0.25) is 9.78 Å². The van der Waals surface area contributed by atoms with E-state index in [1.165, 1.54) is 32.6 Å². The molecule has 0 bridgehead atoms. The molecular weight excluding hydrogens is 380 g/mol. The third kappa shape index (κ3) is 3.82. The van der Waals surface area contributed by atoms with Crippen molar-refractivity contribution in [3.8, 4) is 11.3 Å². The molecule has 0 atom stereocenters. The van der Waals surface area contributed by atoms with Gasteiger partial charge in [0.25, 0.3) is 5.91 Å². The Morgan fingerprint density at radius 3 is 2.54 bits per heavy atom. The number of anilines is 2. The number of aromatic nitrogens is 3. The summed E-state index contributed by atoms with van der Waals surface area (Å²) >= 11 is 0. The Morgan fingerprint density at radius 1 is 1.11 bits per heavy atom. The molecule has 3 aromatic rings. The zero-order valence-electron chi connectivity index (χ0n) is 15.2. The number of benzene rings is 1. The summed E-state index contributed by atoms with van der Waals surface area (Å²) in [6.07, 6.45) is 4.39. The van der Waals surface area contributed by atoms with E-state index in [-0.39, 0.29) is 22.1 Å². The number of pyridine rings is 1. The summed E-state index contributed by atoms with van der Waals surface area (Å²) in [6.45, 7) is 0. The molecule has 0 saturated carbocycles. The molecule has 0 aliphatic heterocycles. The molecule has 1 aromatic carbocycles. The van der Waals surface area contributed by atoms with Gasteiger partial charge in [0.15, 0.2) is 11.5 Å². The Labute approximate surface area is 162 Å². The normalized spacial score (nSPS) is 11.4. The molecule has 1 amide bonds. The highest BCUT2D eigenvalue weighted by Gasteiger charge is 2.23. The van der Waals surface area contributed by atoms with Crippen molar-refractivity contribution in [2.24, 2.45) is 0 Å². The van der Waals surface area contributed by atoms with E-state index in [1.54, 1.807) is 36.5 Å². The summed E-state index contributed by atoms with van der Waals surface area (Å²) in [4.78, 5) is 24.8. The first-order valence-corrected chi connectivity index (χ1v) is 9.60. The van der Waals surface area contributed by atoms with Gasteiger partial charge in [0.2, 0.25) is 10.0 Å². The second-order valence-corrected chi connectivity index (χ2v) is 8.09. The van der Waals surface area contributed by atoms with E-state index in [0.717, 1.165) is 4.31 Å². The molecule has 9 nitrogen and oxygen atoms in total. The van der Waals surface area contributed by atoms with Gasteiger partial charge in [-0.25, -0.2) is 22.7 Å². The number of hydrogen-bond donors (Lipinski definition) is 2. The highest BCUT2D eigenvalue weighted by molar-refractivity contribution is 7.89. The summed E-state index contributed by atoms with van der Waals surface area (Å²) in [6, 6.07) is 9.69. The second-order valence-electron chi connectivity index (χ2n) is 5.97. The van der Waals surface area contributed by atoms with Crippen LogP contribution in [0.2, 0.25) is 0 Å². The molecule has 3 rings (SSSR count). The van der Waals surface area contributed by atoms with Crippen molar-refractivity contribution in [3.05, 3.63) is 60.7 Å². The van der Waals surface area contributed by atoms with Gasteiger partial charge in [-0.1, -0.05) is 18.2 Å². The van der Waals surface area contributed by atoms with Crippen LogP contribution in [0.3, 0.4) is 0 Å². The fraction of sp³-hybridized carbons (Fsp3) is 0.111. The average molecular weight is 398 g/mol. The van der Waals surface area contributed by atoms with Crippen molar-refractivity contribution in [2.75, 3.05) is 25.1 Å². The lowest BCUT2D eigenvalue weighted by atomic mass is 10.1. The van der Waals surface area contributed by atoms with Gasteiger partial charge >= 0.3 is 0 Å². The first-order valence-electron chi connectivity index (χ1n) is 8.16. The predicted molar refractivity (Wildman–Crippen MR) is 105 cm³/mol. The number of nitrogens with two attached hydrogens (primary N) is 1. The van der Waals surface area contributed by atoms with Gasteiger partial charge in [-0.05, 0) is 18.2 Å². The molecule has 0 fully saturated rings. The molecule has 28 heavy (non-hydrogen) atoms. The highest BCUT2D eigenvalue weighted by Crippen LogP contribution is 2.28. The van der Waals surface area contributed by atoms with Gasteiger partial charge in [0.05, 0.1) is 28.7 Å². The van der Waals surface area contributed by atoms with Gasteiger partial charge in [0, 0.05) is 25.9 Å². The average Bonchev–Trinajstić information content (AvgIpc) is 2.69. The highest BCUT2D eigenvalue weighted by atomic mass is 32.2. The van der Waals surface area contributed by atoms with Crippen LogP contribution in [0.4, 0.5) is 11.5 Å². The molecule has 144 valence electrons. The zero-order valence-corrected chi connectivity index (χ0v) is 16.0. The maximum atomic E-state index is 12.6. The molecule has 0 unspecified atom stereocenters. The predicted octanol–water partition coefficient (Wildman–Crippen LogP) is 1.62. The van der Waals surface area contributed by atoms with Crippen LogP contribution in [-0.4, -0.2) is 47.7 Å². The van der Waals surface area contributed by atoms with Crippen LogP contribution in [0.15, 0.2) is 59.9 Å². The third-order valence-corrected chi connectivity index (χ3v) is 5.73. The summed E-state index contributed by atoms with van der Waals surface area (Å²) in [5.41, 5.74) is 6.71. The summed E-state index contributed by atoms with van der Waals surface area (Å²) in [5, 5.41) is 2.63. The Hall–Kier alpha value is -3.37. The minimum atomic E-state index is -3.72. The quantitative estimate of drug-likeness (QED) is 0.667. The number of sulfonamides is 1. The number of amides is 1. The molecule has 0 aliphatic rings. The first-order chi connectivity index (χ1) is 13.3. The topological polar surface area (TPSA) is 131 Å². The Morgan fingerprint density at radius 2 is 1.86 bits per heavy atom. The molecule has 0 saturated heterocycles. The fourth-order valence-electron chi connectivity index (χ4n) is 2.42. The molecule has 0 spiro atoms. The van der Waals surface area contributed by atoms with Crippen LogP contribution in [0, 0.1) is 0 Å². The number of nitrogen functional groups attached to an aromatic ring is 1.